The number of phenolic OH excluding ortho intramolecular Hbond substituents is 2. The smallest absolute Gasteiger partial charge is 0.162 e. The number of nitrogens with one attached hydrogen (secondary N) is 1. The summed E-state index contributed by atoms with van der Waals surface area (Å²) in [5.74, 6) is -0.206. The SMILES string of the molecule is Oc1cccc(CNc2ccccc2-n2ccnc2)c1O. The molecule has 0 spiro atoms. The summed E-state index contributed by atoms with van der Waals surface area (Å²) in [7, 11) is 0. The number of imidazole rings is 1. The van der Waals surface area contributed by atoms with Gasteiger partial charge in [-0.2, -0.15) is 0 Å². The van der Waals surface area contributed by atoms with Gasteiger partial charge in [-0.15, -0.1) is 0 Å². The zero-order valence-electron chi connectivity index (χ0n) is 11.3. The maximum absolute atomic E-state index is 9.82. The Morgan fingerprint density at radius 2 is 1.90 bits per heavy atom. The highest BCUT2D eigenvalue weighted by Crippen LogP contribution is 2.29. The standard InChI is InChI=1S/C16H15N3O2/c20-15-7-3-4-12(16(15)21)10-18-13-5-1-2-6-14(13)19-9-8-17-11-19/h1-9,11,18,20-21H,10H2. The first-order valence-electron chi connectivity index (χ1n) is 6.57. The van der Waals surface area contributed by atoms with Crippen molar-refractivity contribution in [1.82, 2.24) is 9.55 Å². The summed E-state index contributed by atoms with van der Waals surface area (Å²) >= 11 is 0. The fourth-order valence-electron chi connectivity index (χ4n) is 2.16. The highest BCUT2D eigenvalue weighted by atomic mass is 16.3. The molecular weight excluding hydrogens is 266 g/mol. The van der Waals surface area contributed by atoms with Crippen LogP contribution in [0.4, 0.5) is 5.69 Å². The van der Waals surface area contributed by atoms with Gasteiger partial charge < -0.3 is 20.1 Å². The van der Waals surface area contributed by atoms with E-state index in [1.54, 1.807) is 24.7 Å². The molecule has 0 aliphatic heterocycles. The van der Waals surface area contributed by atoms with Crippen molar-refractivity contribution in [2.24, 2.45) is 0 Å². The van der Waals surface area contributed by atoms with Gasteiger partial charge in [-0.3, -0.25) is 0 Å². The lowest BCUT2D eigenvalue weighted by Gasteiger charge is -2.13. The topological polar surface area (TPSA) is 70.3 Å². The molecule has 0 bridgehead atoms. The molecule has 5 nitrogen and oxygen atoms in total. The second-order valence-electron chi connectivity index (χ2n) is 4.63. The number of aromatic hydroxyl groups is 2. The van der Waals surface area contributed by atoms with Gasteiger partial charge in [0, 0.05) is 24.5 Å². The lowest BCUT2D eigenvalue weighted by molar-refractivity contribution is 0.400. The number of benzene rings is 2. The van der Waals surface area contributed by atoms with E-state index in [1.165, 1.54) is 6.07 Å². The molecule has 21 heavy (non-hydrogen) atoms. The Bertz CT molecular complexity index is 739. The van der Waals surface area contributed by atoms with Crippen LogP contribution < -0.4 is 5.32 Å². The second-order valence-corrected chi connectivity index (χ2v) is 4.63. The van der Waals surface area contributed by atoms with Crippen molar-refractivity contribution in [3.05, 3.63) is 66.7 Å². The van der Waals surface area contributed by atoms with Crippen LogP contribution >= 0.6 is 0 Å². The summed E-state index contributed by atoms with van der Waals surface area (Å²) in [5, 5.41) is 22.6. The van der Waals surface area contributed by atoms with Gasteiger partial charge in [0.15, 0.2) is 11.5 Å². The predicted molar refractivity (Wildman–Crippen MR) is 80.7 cm³/mol. The maximum atomic E-state index is 9.82. The van der Waals surface area contributed by atoms with Crippen LogP contribution in [-0.4, -0.2) is 19.8 Å². The van der Waals surface area contributed by atoms with Crippen LogP contribution in [-0.2, 0) is 6.54 Å². The third kappa shape index (κ3) is 2.67. The van der Waals surface area contributed by atoms with E-state index in [9.17, 15) is 10.2 Å². The lowest BCUT2D eigenvalue weighted by Crippen LogP contribution is -2.03. The molecule has 0 atom stereocenters. The van der Waals surface area contributed by atoms with Crippen molar-refractivity contribution in [3.63, 3.8) is 0 Å². The molecule has 1 aromatic heterocycles. The molecule has 1 heterocycles. The van der Waals surface area contributed by atoms with Crippen LogP contribution in [0.1, 0.15) is 5.56 Å². The molecular formula is C16H15N3O2. The number of hydrogen-bond donors (Lipinski definition) is 3. The van der Waals surface area contributed by atoms with E-state index in [0.717, 1.165) is 11.4 Å². The molecule has 2 aromatic carbocycles. The van der Waals surface area contributed by atoms with Crippen LogP contribution in [0.25, 0.3) is 5.69 Å². The van der Waals surface area contributed by atoms with E-state index in [1.807, 2.05) is 35.0 Å². The Labute approximate surface area is 122 Å². The molecule has 0 radical (unpaired) electrons. The quantitative estimate of drug-likeness (QED) is 0.643. The number of para-hydroxylation sites is 3. The number of aromatic nitrogens is 2. The monoisotopic (exact) mass is 281 g/mol. The number of phenols is 2. The fraction of sp³-hybridized carbons (Fsp3) is 0.0625. The average molecular weight is 281 g/mol. The molecule has 0 unspecified atom stereocenters. The summed E-state index contributed by atoms with van der Waals surface area (Å²) in [6, 6.07) is 12.7. The normalized spacial score (nSPS) is 10.5. The molecule has 0 amide bonds. The largest absolute Gasteiger partial charge is 0.504 e. The zero-order chi connectivity index (χ0) is 14.7. The molecule has 3 rings (SSSR count). The zero-order valence-corrected chi connectivity index (χ0v) is 11.3. The summed E-state index contributed by atoms with van der Waals surface area (Å²) in [6.45, 7) is 0.409. The van der Waals surface area contributed by atoms with Crippen LogP contribution in [0, 0.1) is 0 Å². The van der Waals surface area contributed by atoms with Gasteiger partial charge in [0.1, 0.15) is 0 Å². The Kier molecular flexibility index (Phi) is 3.47. The van der Waals surface area contributed by atoms with Gasteiger partial charge in [-0.25, -0.2) is 4.98 Å². The van der Waals surface area contributed by atoms with Crippen molar-refractivity contribution >= 4 is 5.69 Å². The lowest BCUT2D eigenvalue weighted by atomic mass is 10.1. The van der Waals surface area contributed by atoms with Crippen LogP contribution in [0.15, 0.2) is 61.2 Å². The Balaban J connectivity index is 1.85. The minimum Gasteiger partial charge on any atom is -0.504 e. The van der Waals surface area contributed by atoms with E-state index in [-0.39, 0.29) is 11.5 Å². The Morgan fingerprint density at radius 1 is 1.05 bits per heavy atom. The summed E-state index contributed by atoms with van der Waals surface area (Å²) in [6.07, 6.45) is 5.32. The highest BCUT2D eigenvalue weighted by molar-refractivity contribution is 5.61. The van der Waals surface area contributed by atoms with Gasteiger partial charge in [-0.05, 0) is 18.2 Å². The van der Waals surface area contributed by atoms with Crippen molar-refractivity contribution in [3.8, 4) is 17.2 Å². The molecule has 3 aromatic rings. The number of anilines is 1. The van der Waals surface area contributed by atoms with Crippen molar-refractivity contribution in [2.75, 3.05) is 5.32 Å². The molecule has 106 valence electrons. The molecule has 0 aliphatic rings. The van der Waals surface area contributed by atoms with Crippen molar-refractivity contribution < 1.29 is 10.2 Å². The average Bonchev–Trinajstić information content (AvgIpc) is 3.03. The fourth-order valence-corrected chi connectivity index (χ4v) is 2.16. The van der Waals surface area contributed by atoms with Gasteiger partial charge >= 0.3 is 0 Å². The minimum absolute atomic E-state index is 0.0925. The third-order valence-electron chi connectivity index (χ3n) is 3.25. The number of rotatable bonds is 4. The van der Waals surface area contributed by atoms with Gasteiger partial charge in [0.2, 0.25) is 0 Å². The third-order valence-corrected chi connectivity index (χ3v) is 3.25. The van der Waals surface area contributed by atoms with E-state index in [2.05, 4.69) is 10.3 Å². The van der Waals surface area contributed by atoms with E-state index >= 15 is 0 Å². The molecule has 0 fully saturated rings. The van der Waals surface area contributed by atoms with E-state index in [4.69, 9.17) is 0 Å². The van der Waals surface area contributed by atoms with E-state index in [0.29, 0.717) is 12.1 Å². The molecule has 5 heteroatoms. The second kappa shape index (κ2) is 5.58. The van der Waals surface area contributed by atoms with Crippen LogP contribution in [0.5, 0.6) is 11.5 Å². The maximum Gasteiger partial charge on any atom is 0.162 e. The van der Waals surface area contributed by atoms with Crippen LogP contribution in [0.3, 0.4) is 0 Å². The highest BCUT2D eigenvalue weighted by Gasteiger charge is 2.07. The molecule has 0 saturated heterocycles. The summed E-state index contributed by atoms with van der Waals surface area (Å²) in [4.78, 5) is 4.05. The first kappa shape index (κ1) is 13.1. The van der Waals surface area contributed by atoms with E-state index < -0.39 is 0 Å². The molecule has 0 saturated carbocycles. The molecule has 0 aliphatic carbocycles. The Hall–Kier alpha value is -2.95. The number of hydrogen-bond acceptors (Lipinski definition) is 4. The summed E-state index contributed by atoms with van der Waals surface area (Å²) in [5.41, 5.74) is 2.52. The summed E-state index contributed by atoms with van der Waals surface area (Å²) < 4.78 is 1.91. The van der Waals surface area contributed by atoms with Gasteiger partial charge in [-0.1, -0.05) is 24.3 Å². The van der Waals surface area contributed by atoms with Crippen molar-refractivity contribution in [1.29, 1.82) is 0 Å². The van der Waals surface area contributed by atoms with Gasteiger partial charge in [0.05, 0.1) is 17.7 Å². The van der Waals surface area contributed by atoms with Crippen molar-refractivity contribution in [2.45, 2.75) is 6.54 Å². The first-order chi connectivity index (χ1) is 10.3. The number of nitrogens with zero attached hydrogens (tertiary/aromatic N) is 2. The first-order valence-corrected chi connectivity index (χ1v) is 6.57. The minimum atomic E-state index is -0.114. The predicted octanol–water partition coefficient (Wildman–Crippen LogP) is 2.90. The Morgan fingerprint density at radius 3 is 2.71 bits per heavy atom. The van der Waals surface area contributed by atoms with Gasteiger partial charge in [0.25, 0.3) is 0 Å². The van der Waals surface area contributed by atoms with Crippen LogP contribution in [0.2, 0.25) is 0 Å². The molecule has 3 N–H and O–H groups in total.